The molecule has 1 heterocycles. The minimum atomic E-state index is -0.161. The van der Waals surface area contributed by atoms with Crippen LogP contribution in [0.15, 0.2) is 24.3 Å². The number of nitrogens with two attached hydrogens (primary N) is 1. The van der Waals surface area contributed by atoms with Crippen molar-refractivity contribution in [1.29, 1.82) is 0 Å². The Morgan fingerprint density at radius 1 is 1.44 bits per heavy atom. The molecule has 0 aliphatic carbocycles. The number of fused-ring (bicyclic) bond motifs is 1. The topological polar surface area (TPSA) is 53.1 Å². The van der Waals surface area contributed by atoms with Crippen LogP contribution in [0.25, 0.3) is 10.9 Å². The van der Waals surface area contributed by atoms with Crippen LogP contribution >= 0.6 is 0 Å². The van der Waals surface area contributed by atoms with E-state index < -0.39 is 0 Å². The lowest BCUT2D eigenvalue weighted by atomic mass is 10.1. The molecule has 4 heteroatoms. The lowest BCUT2D eigenvalue weighted by Gasteiger charge is -2.08. The minimum absolute atomic E-state index is 0.161. The molecular formula is C12H17N3O. The van der Waals surface area contributed by atoms with Crippen molar-refractivity contribution in [3.05, 3.63) is 30.0 Å². The summed E-state index contributed by atoms with van der Waals surface area (Å²) in [6.07, 6.45) is 0. The van der Waals surface area contributed by atoms with Crippen molar-refractivity contribution in [2.45, 2.75) is 13.0 Å². The fraction of sp³-hybridized carbons (Fsp3) is 0.417. The Kier molecular flexibility index (Phi) is 3.22. The van der Waals surface area contributed by atoms with Crippen LogP contribution in [0.4, 0.5) is 0 Å². The summed E-state index contributed by atoms with van der Waals surface area (Å²) < 4.78 is 7.19. The summed E-state index contributed by atoms with van der Waals surface area (Å²) in [4.78, 5) is 0. The first-order valence-electron chi connectivity index (χ1n) is 5.49. The van der Waals surface area contributed by atoms with Crippen molar-refractivity contribution < 1.29 is 4.74 Å². The number of hydrogen-bond donors (Lipinski definition) is 1. The second-order valence-electron chi connectivity index (χ2n) is 3.79. The molecule has 0 bridgehead atoms. The second kappa shape index (κ2) is 4.63. The van der Waals surface area contributed by atoms with E-state index in [9.17, 15) is 0 Å². The predicted octanol–water partition coefficient (Wildman–Crippen LogP) is 1.61. The summed E-state index contributed by atoms with van der Waals surface area (Å²) in [5.41, 5.74) is 8.07. The molecule has 0 saturated carbocycles. The van der Waals surface area contributed by atoms with E-state index in [1.54, 1.807) is 0 Å². The Hall–Kier alpha value is -1.39. The van der Waals surface area contributed by atoms with Crippen molar-refractivity contribution in [2.75, 3.05) is 13.2 Å². The molecule has 16 heavy (non-hydrogen) atoms. The van der Waals surface area contributed by atoms with Crippen LogP contribution < -0.4 is 5.73 Å². The number of nitrogens with zero attached hydrogens (tertiary/aromatic N) is 2. The van der Waals surface area contributed by atoms with E-state index in [0.29, 0.717) is 13.2 Å². The molecule has 1 aromatic heterocycles. The summed E-state index contributed by atoms with van der Waals surface area (Å²) in [7, 11) is 1.93. The van der Waals surface area contributed by atoms with Crippen molar-refractivity contribution in [2.24, 2.45) is 12.8 Å². The zero-order valence-corrected chi connectivity index (χ0v) is 9.68. The number of hydrogen-bond acceptors (Lipinski definition) is 3. The SMILES string of the molecule is CCOCC(N)c1nn(C)c2ccccc12. The quantitative estimate of drug-likeness (QED) is 0.850. The van der Waals surface area contributed by atoms with E-state index in [1.807, 2.05) is 42.9 Å². The number of benzene rings is 1. The zero-order chi connectivity index (χ0) is 11.5. The van der Waals surface area contributed by atoms with E-state index in [1.165, 1.54) is 0 Å². The monoisotopic (exact) mass is 219 g/mol. The summed E-state index contributed by atoms with van der Waals surface area (Å²) in [6, 6.07) is 7.93. The zero-order valence-electron chi connectivity index (χ0n) is 9.68. The molecule has 4 nitrogen and oxygen atoms in total. The van der Waals surface area contributed by atoms with Gasteiger partial charge in [0.1, 0.15) is 0 Å². The molecule has 0 radical (unpaired) electrons. The maximum absolute atomic E-state index is 6.06. The van der Waals surface area contributed by atoms with Crippen LogP contribution in [-0.4, -0.2) is 23.0 Å². The number of aromatic nitrogens is 2. The number of aryl methyl sites for hydroxylation is 1. The Labute approximate surface area is 95.0 Å². The van der Waals surface area contributed by atoms with E-state index in [4.69, 9.17) is 10.5 Å². The molecular weight excluding hydrogens is 202 g/mol. The van der Waals surface area contributed by atoms with Gasteiger partial charge in [0.25, 0.3) is 0 Å². The minimum Gasteiger partial charge on any atom is -0.380 e. The van der Waals surface area contributed by atoms with Crippen molar-refractivity contribution in [1.82, 2.24) is 9.78 Å². The molecule has 1 atom stereocenters. The maximum atomic E-state index is 6.06. The molecule has 0 amide bonds. The van der Waals surface area contributed by atoms with E-state index in [0.717, 1.165) is 16.6 Å². The number of ether oxygens (including phenoxy) is 1. The van der Waals surface area contributed by atoms with Gasteiger partial charge in [0, 0.05) is 19.0 Å². The van der Waals surface area contributed by atoms with Gasteiger partial charge in [-0.15, -0.1) is 0 Å². The van der Waals surface area contributed by atoms with Gasteiger partial charge in [0.2, 0.25) is 0 Å². The fourth-order valence-electron chi connectivity index (χ4n) is 1.84. The molecule has 0 aliphatic heterocycles. The highest BCUT2D eigenvalue weighted by molar-refractivity contribution is 5.82. The molecule has 2 aromatic rings. The maximum Gasteiger partial charge on any atom is 0.0893 e. The average Bonchev–Trinajstić information content (AvgIpc) is 2.65. The Morgan fingerprint density at radius 2 is 2.19 bits per heavy atom. The van der Waals surface area contributed by atoms with Crippen molar-refractivity contribution >= 4 is 10.9 Å². The second-order valence-corrected chi connectivity index (χ2v) is 3.79. The van der Waals surface area contributed by atoms with Gasteiger partial charge >= 0.3 is 0 Å². The molecule has 0 fully saturated rings. The van der Waals surface area contributed by atoms with Gasteiger partial charge < -0.3 is 10.5 Å². The molecule has 0 aliphatic rings. The van der Waals surface area contributed by atoms with Crippen LogP contribution in [0.2, 0.25) is 0 Å². The molecule has 1 aromatic carbocycles. The van der Waals surface area contributed by atoms with Gasteiger partial charge in [-0.05, 0) is 13.0 Å². The van der Waals surface area contributed by atoms with E-state index >= 15 is 0 Å². The lowest BCUT2D eigenvalue weighted by molar-refractivity contribution is 0.132. The van der Waals surface area contributed by atoms with Crippen LogP contribution in [0.5, 0.6) is 0 Å². The number of rotatable bonds is 4. The number of para-hydroxylation sites is 1. The molecule has 2 rings (SSSR count). The van der Waals surface area contributed by atoms with E-state index in [2.05, 4.69) is 5.10 Å². The third-order valence-electron chi connectivity index (χ3n) is 2.64. The molecule has 1 unspecified atom stereocenters. The highest BCUT2D eigenvalue weighted by Gasteiger charge is 2.14. The fourth-order valence-corrected chi connectivity index (χ4v) is 1.84. The predicted molar refractivity (Wildman–Crippen MR) is 64.1 cm³/mol. The summed E-state index contributed by atoms with van der Waals surface area (Å²) in [5.74, 6) is 0. The standard InChI is InChI=1S/C12H17N3O/c1-3-16-8-10(13)12-9-6-4-5-7-11(9)15(2)14-12/h4-7,10H,3,8,13H2,1-2H3. The Balaban J connectivity index is 2.37. The van der Waals surface area contributed by atoms with Crippen molar-refractivity contribution in [3.63, 3.8) is 0 Å². The first-order valence-corrected chi connectivity index (χ1v) is 5.49. The summed E-state index contributed by atoms with van der Waals surface area (Å²) >= 11 is 0. The summed E-state index contributed by atoms with van der Waals surface area (Å²) in [5, 5.41) is 5.56. The van der Waals surface area contributed by atoms with Crippen LogP contribution in [0.3, 0.4) is 0 Å². The van der Waals surface area contributed by atoms with Crippen molar-refractivity contribution in [3.8, 4) is 0 Å². The van der Waals surface area contributed by atoms with Gasteiger partial charge in [-0.2, -0.15) is 5.10 Å². The highest BCUT2D eigenvalue weighted by atomic mass is 16.5. The van der Waals surface area contributed by atoms with Crippen LogP contribution in [-0.2, 0) is 11.8 Å². The van der Waals surface area contributed by atoms with Crippen LogP contribution in [0.1, 0.15) is 18.7 Å². The van der Waals surface area contributed by atoms with Gasteiger partial charge in [0.05, 0.1) is 23.9 Å². The third-order valence-corrected chi connectivity index (χ3v) is 2.64. The van der Waals surface area contributed by atoms with Gasteiger partial charge in [-0.1, -0.05) is 18.2 Å². The third kappa shape index (κ3) is 1.94. The average molecular weight is 219 g/mol. The van der Waals surface area contributed by atoms with E-state index in [-0.39, 0.29) is 6.04 Å². The molecule has 0 saturated heterocycles. The van der Waals surface area contributed by atoms with Gasteiger partial charge in [-0.3, -0.25) is 4.68 Å². The smallest absolute Gasteiger partial charge is 0.0893 e. The normalized spacial score (nSPS) is 13.2. The van der Waals surface area contributed by atoms with Gasteiger partial charge in [0.15, 0.2) is 0 Å². The molecule has 86 valence electrons. The molecule has 0 spiro atoms. The Morgan fingerprint density at radius 3 is 2.94 bits per heavy atom. The first-order chi connectivity index (χ1) is 7.74. The first kappa shape index (κ1) is 11.1. The molecule has 2 N–H and O–H groups in total. The largest absolute Gasteiger partial charge is 0.380 e. The Bertz CT molecular complexity index is 478. The van der Waals surface area contributed by atoms with Gasteiger partial charge in [-0.25, -0.2) is 0 Å². The van der Waals surface area contributed by atoms with Crippen LogP contribution in [0, 0.1) is 0 Å². The highest BCUT2D eigenvalue weighted by Crippen LogP contribution is 2.21. The lowest BCUT2D eigenvalue weighted by Crippen LogP contribution is -2.18. The summed E-state index contributed by atoms with van der Waals surface area (Å²) in [6.45, 7) is 3.15.